The van der Waals surface area contributed by atoms with Crippen molar-refractivity contribution in [2.75, 3.05) is 12.4 Å². The van der Waals surface area contributed by atoms with Crippen LogP contribution in [0.25, 0.3) is 0 Å². The molecule has 0 radical (unpaired) electrons. The van der Waals surface area contributed by atoms with E-state index in [1.165, 1.54) is 50.3 Å². The van der Waals surface area contributed by atoms with Crippen molar-refractivity contribution in [2.45, 2.75) is 94.7 Å². The number of nitrogens with two attached hydrogens (primary N) is 1. The lowest BCUT2D eigenvalue weighted by molar-refractivity contribution is -0.124. The van der Waals surface area contributed by atoms with Gasteiger partial charge in [0.05, 0.1) is 17.3 Å². The van der Waals surface area contributed by atoms with E-state index in [1.54, 1.807) is 0 Å². The third kappa shape index (κ3) is 6.63. The van der Waals surface area contributed by atoms with Gasteiger partial charge < -0.3 is 30.7 Å². The van der Waals surface area contributed by atoms with Gasteiger partial charge in [0.15, 0.2) is 0 Å². The fourth-order valence-electron chi connectivity index (χ4n) is 6.49. The summed E-state index contributed by atoms with van der Waals surface area (Å²) in [5, 5.41) is 19.5. The quantitative estimate of drug-likeness (QED) is 0.231. The van der Waals surface area contributed by atoms with E-state index in [2.05, 4.69) is 22.4 Å². The number of rotatable bonds is 12. The molecule has 1 aromatic rings. The summed E-state index contributed by atoms with van der Waals surface area (Å²) in [5.41, 5.74) is 5.18. The largest absolute Gasteiger partial charge is 0.513 e. The molecule has 1 heterocycles. The number of ether oxygens (including phenoxy) is 1. The topological polar surface area (TPSA) is 140 Å². The highest BCUT2D eigenvalue weighted by atomic mass is 32.2. The van der Waals surface area contributed by atoms with Crippen LogP contribution in [0.2, 0.25) is 0 Å². The van der Waals surface area contributed by atoms with Crippen LogP contribution in [0.3, 0.4) is 0 Å². The van der Waals surface area contributed by atoms with Crippen LogP contribution in [-0.4, -0.2) is 52.1 Å². The third-order valence-electron chi connectivity index (χ3n) is 8.13. The molecule has 206 valence electrons. The Hall–Kier alpha value is -2.20. The molecule has 3 aliphatic rings. The molecule has 0 saturated heterocycles. The number of carbonyl (C=O) groups excluding carboxylic acids is 2. The molecular formula is C27H42N4O5S. The van der Waals surface area contributed by atoms with Crippen LogP contribution in [0.4, 0.5) is 0 Å². The lowest BCUT2D eigenvalue weighted by atomic mass is 9.79. The Labute approximate surface area is 223 Å². The minimum Gasteiger partial charge on any atom is -0.513 e. The Morgan fingerprint density at radius 1 is 1.30 bits per heavy atom. The van der Waals surface area contributed by atoms with E-state index in [4.69, 9.17) is 15.0 Å². The van der Waals surface area contributed by atoms with Gasteiger partial charge in [0.2, 0.25) is 11.7 Å². The van der Waals surface area contributed by atoms with E-state index in [1.807, 2.05) is 20.8 Å². The second-order valence-electron chi connectivity index (χ2n) is 11.6. The summed E-state index contributed by atoms with van der Waals surface area (Å²) < 4.78 is 11.5. The number of nitrogens with zero attached hydrogens (tertiary/aromatic N) is 1. The molecule has 3 bridgehead atoms. The van der Waals surface area contributed by atoms with Gasteiger partial charge in [-0.25, -0.2) is 0 Å². The summed E-state index contributed by atoms with van der Waals surface area (Å²) in [6.45, 7) is 9.16. The third-order valence-corrected chi connectivity index (χ3v) is 9.06. The van der Waals surface area contributed by atoms with Crippen molar-refractivity contribution in [3.8, 4) is 5.88 Å². The average molecular weight is 535 g/mol. The number of fused-ring (bicyclic) bond motifs is 2. The highest BCUT2D eigenvalue weighted by molar-refractivity contribution is 7.99. The van der Waals surface area contributed by atoms with Crippen molar-refractivity contribution in [3.63, 3.8) is 0 Å². The van der Waals surface area contributed by atoms with Gasteiger partial charge in [-0.2, -0.15) is 0 Å². The number of nitrogens with one attached hydrogen (secondary N) is 2. The summed E-state index contributed by atoms with van der Waals surface area (Å²) >= 11 is 1.46. The molecule has 10 heteroatoms. The maximum atomic E-state index is 13.4. The van der Waals surface area contributed by atoms with E-state index in [0.717, 1.165) is 17.6 Å². The lowest BCUT2D eigenvalue weighted by Gasteiger charge is -2.29. The lowest BCUT2D eigenvalue weighted by Crippen LogP contribution is -2.53. The van der Waals surface area contributed by atoms with Crippen molar-refractivity contribution in [1.82, 2.24) is 15.8 Å². The first-order valence-electron chi connectivity index (χ1n) is 13.6. The average Bonchev–Trinajstić information content (AvgIpc) is 3.29. The predicted molar refractivity (Wildman–Crippen MR) is 143 cm³/mol. The van der Waals surface area contributed by atoms with E-state index >= 15 is 0 Å². The van der Waals surface area contributed by atoms with Crippen molar-refractivity contribution < 1.29 is 24.0 Å². The maximum absolute atomic E-state index is 13.4. The Kier molecular flexibility index (Phi) is 8.78. The van der Waals surface area contributed by atoms with Gasteiger partial charge in [-0.1, -0.05) is 26.3 Å². The Bertz CT molecular complexity index is 995. The highest BCUT2D eigenvalue weighted by Crippen LogP contribution is 2.53. The summed E-state index contributed by atoms with van der Waals surface area (Å²) in [6.07, 6.45) is 8.12. The van der Waals surface area contributed by atoms with Crippen molar-refractivity contribution in [3.05, 3.63) is 18.1 Å². The van der Waals surface area contributed by atoms with E-state index < -0.39 is 11.6 Å². The summed E-state index contributed by atoms with van der Waals surface area (Å²) in [4.78, 5) is 26.4. The number of aliphatic hydroxyl groups is 1. The molecule has 0 aromatic carbocycles. The predicted octanol–water partition coefficient (Wildman–Crippen LogP) is 4.18. The van der Waals surface area contributed by atoms with Gasteiger partial charge in [-0.15, -0.1) is 11.8 Å². The number of hydrogen-bond donors (Lipinski definition) is 4. The van der Waals surface area contributed by atoms with E-state index in [-0.39, 0.29) is 48.3 Å². The van der Waals surface area contributed by atoms with E-state index in [9.17, 15) is 14.7 Å². The van der Waals surface area contributed by atoms with Crippen LogP contribution in [0, 0.1) is 23.7 Å². The minimum atomic E-state index is -0.772. The molecule has 9 nitrogen and oxygen atoms in total. The molecule has 1 aromatic heterocycles. The fraction of sp³-hybridized carbons (Fsp3) is 0.741. The molecule has 37 heavy (non-hydrogen) atoms. The molecule has 3 fully saturated rings. The summed E-state index contributed by atoms with van der Waals surface area (Å²) in [5.74, 6) is 3.29. The number of hydrogen-bond acceptors (Lipinski definition) is 8. The highest BCUT2D eigenvalue weighted by Gasteiger charge is 2.49. The normalized spacial score (nSPS) is 27.4. The molecule has 4 rings (SSSR count). The van der Waals surface area contributed by atoms with E-state index in [0.29, 0.717) is 23.2 Å². The Morgan fingerprint density at radius 2 is 2.05 bits per heavy atom. The second-order valence-corrected chi connectivity index (χ2v) is 12.9. The first-order chi connectivity index (χ1) is 17.6. The number of carbonyl (C=O) groups is 2. The van der Waals surface area contributed by atoms with Crippen LogP contribution in [-0.2, 0) is 4.79 Å². The molecular weight excluding hydrogens is 492 g/mol. The molecule has 2 amide bonds. The smallest absolute Gasteiger partial charge is 0.291 e. The van der Waals surface area contributed by atoms with Crippen LogP contribution in [0.1, 0.15) is 82.7 Å². The first-order valence-corrected chi connectivity index (χ1v) is 14.6. The van der Waals surface area contributed by atoms with Gasteiger partial charge >= 0.3 is 0 Å². The molecule has 0 aliphatic heterocycles. The molecule has 0 spiro atoms. The van der Waals surface area contributed by atoms with Gasteiger partial charge in [0.1, 0.15) is 11.5 Å². The Balaban J connectivity index is 1.38. The number of amides is 2. The van der Waals surface area contributed by atoms with Crippen LogP contribution in [0.15, 0.2) is 21.8 Å². The molecule has 6 unspecified atom stereocenters. The number of aromatic nitrogens is 1. The van der Waals surface area contributed by atoms with Crippen LogP contribution >= 0.6 is 11.8 Å². The first kappa shape index (κ1) is 27.8. The van der Waals surface area contributed by atoms with Crippen LogP contribution in [0.5, 0.6) is 5.88 Å². The molecule has 3 aliphatic carbocycles. The zero-order chi connectivity index (χ0) is 26.7. The molecule has 6 atom stereocenters. The van der Waals surface area contributed by atoms with Crippen molar-refractivity contribution in [2.24, 2.45) is 29.4 Å². The maximum Gasteiger partial charge on any atom is 0.291 e. The van der Waals surface area contributed by atoms with Gasteiger partial charge in [-0.05, 0) is 80.5 Å². The van der Waals surface area contributed by atoms with Gasteiger partial charge in [-0.3, -0.25) is 9.59 Å². The number of allylic oxidation sites excluding steroid dienone is 1. The van der Waals surface area contributed by atoms with Gasteiger partial charge in [0.25, 0.3) is 11.8 Å². The minimum absolute atomic E-state index is 0.00315. The standard InChI is InChI=1S/C27H42N4O5S/c1-5-37-23-22(25(34)29-21-18-12-16-7-6-8-19(21)17(11-16)13-18)36-31-26(23)35-14-27(3,4)30-24(33)20(28)10-9-15(2)32/h16-21,32H,2,5-14,28H2,1,3-4H3,(H,29,34)(H,30,33). The van der Waals surface area contributed by atoms with Crippen molar-refractivity contribution >= 4 is 23.6 Å². The monoisotopic (exact) mass is 534 g/mol. The zero-order valence-corrected chi connectivity index (χ0v) is 23.1. The van der Waals surface area contributed by atoms with Crippen molar-refractivity contribution in [1.29, 1.82) is 0 Å². The SMILES string of the molecule is C=C(O)CCC(N)C(=O)NC(C)(C)COc1noc(C(=O)NC2C3CC4CCCC2C(C4)C3)c1SCC. The molecule has 3 saturated carbocycles. The van der Waals surface area contributed by atoms with Crippen LogP contribution < -0.4 is 21.1 Å². The number of thioether (sulfide) groups is 1. The Morgan fingerprint density at radius 3 is 2.78 bits per heavy atom. The summed E-state index contributed by atoms with van der Waals surface area (Å²) in [6, 6.07) is -0.565. The molecule has 5 N–H and O–H groups in total. The fourth-order valence-corrected chi connectivity index (χ4v) is 7.26. The van der Waals surface area contributed by atoms with Gasteiger partial charge in [0, 0.05) is 12.5 Å². The second kappa shape index (κ2) is 11.7. The summed E-state index contributed by atoms with van der Waals surface area (Å²) in [7, 11) is 0. The number of aliphatic hydroxyl groups excluding tert-OH is 1. The zero-order valence-electron chi connectivity index (χ0n) is 22.3.